The van der Waals surface area contributed by atoms with E-state index in [4.69, 9.17) is 4.42 Å². The lowest BCUT2D eigenvalue weighted by Gasteiger charge is -2.07. The van der Waals surface area contributed by atoms with Crippen LogP contribution in [0.5, 0.6) is 0 Å². The van der Waals surface area contributed by atoms with Gasteiger partial charge in [-0.1, -0.05) is 60.3 Å². The summed E-state index contributed by atoms with van der Waals surface area (Å²) in [7, 11) is 2.01. The number of aryl methyl sites for hydroxylation is 1. The highest BCUT2D eigenvalue weighted by Crippen LogP contribution is 2.40. The Bertz CT molecular complexity index is 1160. The third-order valence-electron chi connectivity index (χ3n) is 5.11. The summed E-state index contributed by atoms with van der Waals surface area (Å²) in [6.45, 7) is 0. The van der Waals surface area contributed by atoms with Crippen molar-refractivity contribution >= 4 is 28.4 Å². The fourth-order valence-electron chi connectivity index (χ4n) is 3.58. The highest BCUT2D eigenvalue weighted by molar-refractivity contribution is 7.99. The number of aromatic nitrogens is 3. The van der Waals surface area contributed by atoms with Crippen LogP contribution in [-0.2, 0) is 7.05 Å². The number of hydrogen-bond donors (Lipinski definition) is 0. The van der Waals surface area contributed by atoms with Crippen LogP contribution in [0.4, 0.5) is 0 Å². The number of rotatable bonds is 6. The fourth-order valence-corrected chi connectivity index (χ4v) is 4.22. The minimum Gasteiger partial charge on any atom is -0.416 e. The van der Waals surface area contributed by atoms with Gasteiger partial charge in [-0.3, -0.25) is 4.79 Å². The molecule has 4 aromatic rings. The zero-order valence-electron chi connectivity index (χ0n) is 15.5. The first-order chi connectivity index (χ1) is 13.7. The van der Waals surface area contributed by atoms with Crippen molar-refractivity contribution in [2.45, 2.75) is 24.0 Å². The van der Waals surface area contributed by atoms with E-state index in [1.807, 2.05) is 61.6 Å². The van der Waals surface area contributed by atoms with Crippen LogP contribution < -0.4 is 0 Å². The first-order valence-corrected chi connectivity index (χ1v) is 10.3. The molecule has 2 aromatic carbocycles. The first-order valence-electron chi connectivity index (χ1n) is 9.34. The van der Waals surface area contributed by atoms with Crippen LogP contribution in [0.3, 0.4) is 0 Å². The summed E-state index contributed by atoms with van der Waals surface area (Å²) >= 11 is 1.31. The van der Waals surface area contributed by atoms with E-state index in [-0.39, 0.29) is 11.5 Å². The molecule has 0 saturated heterocycles. The van der Waals surface area contributed by atoms with Crippen molar-refractivity contribution in [1.29, 1.82) is 0 Å². The van der Waals surface area contributed by atoms with Gasteiger partial charge in [-0.15, -0.1) is 10.2 Å². The van der Waals surface area contributed by atoms with E-state index in [0.29, 0.717) is 17.0 Å². The number of Topliss-reactive ketones (excluding diaryl/α,β-unsaturated/α-hetero) is 1. The second-order valence-corrected chi connectivity index (χ2v) is 7.98. The third-order valence-corrected chi connectivity index (χ3v) is 5.93. The summed E-state index contributed by atoms with van der Waals surface area (Å²) in [5.41, 5.74) is 3.77. The van der Waals surface area contributed by atoms with Crippen molar-refractivity contribution in [2.24, 2.45) is 7.05 Å². The van der Waals surface area contributed by atoms with Crippen LogP contribution in [-0.4, -0.2) is 26.3 Å². The molecule has 0 bridgehead atoms. The molecule has 0 unspecified atom stereocenters. The molecule has 28 heavy (non-hydrogen) atoms. The van der Waals surface area contributed by atoms with Gasteiger partial charge < -0.3 is 8.98 Å². The molecule has 0 N–H and O–H groups in total. The Hall–Kier alpha value is -2.86. The molecule has 1 aliphatic rings. The maximum atomic E-state index is 13.3. The highest BCUT2D eigenvalue weighted by atomic mass is 32.2. The van der Waals surface area contributed by atoms with E-state index in [1.165, 1.54) is 11.8 Å². The Morgan fingerprint density at radius 1 is 1.11 bits per heavy atom. The maximum Gasteiger partial charge on any atom is 0.277 e. The Morgan fingerprint density at radius 3 is 2.64 bits per heavy atom. The second-order valence-electron chi connectivity index (χ2n) is 7.06. The van der Waals surface area contributed by atoms with Gasteiger partial charge in [0.25, 0.3) is 5.22 Å². The molecule has 140 valence electrons. The lowest BCUT2D eigenvalue weighted by molar-refractivity contribution is 0.102. The summed E-state index contributed by atoms with van der Waals surface area (Å²) < 4.78 is 7.78. The molecule has 0 atom stereocenters. The number of nitrogens with zero attached hydrogens (tertiary/aromatic N) is 3. The van der Waals surface area contributed by atoms with Crippen LogP contribution in [0.15, 0.2) is 64.2 Å². The lowest BCUT2D eigenvalue weighted by Crippen LogP contribution is -2.05. The molecular formula is C22H19N3O2S. The van der Waals surface area contributed by atoms with Gasteiger partial charge >= 0.3 is 0 Å². The average Bonchev–Trinajstić information content (AvgIpc) is 3.40. The molecule has 0 aliphatic heterocycles. The van der Waals surface area contributed by atoms with Gasteiger partial charge in [-0.2, -0.15) is 0 Å². The highest BCUT2D eigenvalue weighted by Gasteiger charge is 2.29. The van der Waals surface area contributed by atoms with Crippen molar-refractivity contribution in [3.8, 4) is 11.3 Å². The average molecular weight is 389 g/mol. The van der Waals surface area contributed by atoms with Crippen LogP contribution >= 0.6 is 11.8 Å². The van der Waals surface area contributed by atoms with Crippen LogP contribution in [0.2, 0.25) is 0 Å². The number of ketones is 1. The Kier molecular flexibility index (Phi) is 4.28. The van der Waals surface area contributed by atoms with Gasteiger partial charge in [0.1, 0.15) is 0 Å². The largest absolute Gasteiger partial charge is 0.416 e. The van der Waals surface area contributed by atoms with Gasteiger partial charge in [0, 0.05) is 23.9 Å². The fraction of sp³-hybridized carbons (Fsp3) is 0.227. The van der Waals surface area contributed by atoms with E-state index in [2.05, 4.69) is 14.8 Å². The van der Waals surface area contributed by atoms with Crippen molar-refractivity contribution in [3.63, 3.8) is 0 Å². The summed E-state index contributed by atoms with van der Waals surface area (Å²) in [5, 5.41) is 9.62. The summed E-state index contributed by atoms with van der Waals surface area (Å²) in [5.74, 6) is 1.44. The number of benzene rings is 2. The Labute approximate surface area is 166 Å². The molecule has 1 fully saturated rings. The van der Waals surface area contributed by atoms with E-state index in [9.17, 15) is 4.79 Å². The van der Waals surface area contributed by atoms with Crippen LogP contribution in [0.25, 0.3) is 22.2 Å². The Morgan fingerprint density at radius 2 is 1.86 bits per heavy atom. The maximum absolute atomic E-state index is 13.3. The molecule has 2 aromatic heterocycles. The minimum absolute atomic E-state index is 0.0619. The molecule has 0 spiro atoms. The third kappa shape index (κ3) is 3.03. The Balaban J connectivity index is 1.50. The number of para-hydroxylation sites is 1. The number of hydrogen-bond acceptors (Lipinski definition) is 5. The van der Waals surface area contributed by atoms with E-state index >= 15 is 0 Å². The normalized spacial score (nSPS) is 13.9. The molecule has 0 amide bonds. The predicted octanol–water partition coefficient (Wildman–Crippen LogP) is 5.08. The van der Waals surface area contributed by atoms with Crippen molar-refractivity contribution in [1.82, 2.24) is 14.8 Å². The van der Waals surface area contributed by atoms with Crippen LogP contribution in [0.1, 0.15) is 35.0 Å². The monoisotopic (exact) mass is 389 g/mol. The number of carbonyl (C=O) groups excluding carboxylic acids is 1. The van der Waals surface area contributed by atoms with Crippen molar-refractivity contribution in [3.05, 3.63) is 66.1 Å². The standard InChI is InChI=1S/C22H19N3O2S/c1-25-17-10-6-5-9-16(17)19(20(25)14-7-3-2-4-8-14)18(26)13-28-22-24-23-21(27-22)15-11-12-15/h2-10,15H,11-13H2,1H3. The molecule has 0 radical (unpaired) electrons. The topological polar surface area (TPSA) is 60.9 Å². The second kappa shape index (κ2) is 6.95. The minimum atomic E-state index is 0.0619. The zero-order chi connectivity index (χ0) is 19.1. The zero-order valence-corrected chi connectivity index (χ0v) is 16.3. The van der Waals surface area contributed by atoms with Gasteiger partial charge in [-0.05, 0) is 24.5 Å². The molecule has 5 nitrogen and oxygen atoms in total. The lowest BCUT2D eigenvalue weighted by atomic mass is 10.0. The van der Waals surface area contributed by atoms with E-state index in [1.54, 1.807) is 0 Å². The smallest absolute Gasteiger partial charge is 0.277 e. The summed E-state index contributed by atoms with van der Waals surface area (Å²) in [6.07, 6.45) is 2.23. The predicted molar refractivity (Wildman–Crippen MR) is 110 cm³/mol. The van der Waals surface area contributed by atoms with E-state index < -0.39 is 0 Å². The molecule has 6 heteroatoms. The summed E-state index contributed by atoms with van der Waals surface area (Å²) in [4.78, 5) is 13.3. The summed E-state index contributed by atoms with van der Waals surface area (Å²) in [6, 6.07) is 18.1. The van der Waals surface area contributed by atoms with Crippen molar-refractivity contribution in [2.75, 3.05) is 5.75 Å². The van der Waals surface area contributed by atoms with Gasteiger partial charge in [0.05, 0.1) is 17.0 Å². The molecule has 5 rings (SSSR count). The first kappa shape index (κ1) is 17.3. The number of thioether (sulfide) groups is 1. The van der Waals surface area contributed by atoms with Crippen LogP contribution in [0, 0.1) is 0 Å². The molecule has 1 aliphatic carbocycles. The van der Waals surface area contributed by atoms with Gasteiger partial charge in [0.15, 0.2) is 5.78 Å². The van der Waals surface area contributed by atoms with Gasteiger partial charge in [0.2, 0.25) is 5.89 Å². The number of carbonyl (C=O) groups is 1. The number of fused-ring (bicyclic) bond motifs is 1. The SMILES string of the molecule is Cn1c(-c2ccccc2)c(C(=O)CSc2nnc(C3CC3)o2)c2ccccc21. The van der Waals surface area contributed by atoms with Crippen molar-refractivity contribution < 1.29 is 9.21 Å². The molecule has 2 heterocycles. The molecular weight excluding hydrogens is 370 g/mol. The van der Waals surface area contributed by atoms with E-state index in [0.717, 1.165) is 40.6 Å². The van der Waals surface area contributed by atoms with Gasteiger partial charge in [-0.25, -0.2) is 0 Å². The molecule has 1 saturated carbocycles. The quantitative estimate of drug-likeness (QED) is 0.340.